The van der Waals surface area contributed by atoms with Gasteiger partial charge in [-0.2, -0.15) is 5.26 Å². The standard InChI is InChI=1S/C18H17N3/c19-11-15-9-14-5-2-6-17(14)21-18(15)20-16-8-7-12-3-1-4-13(12)10-16/h7-10H,1-6H2,(H,20,21). The van der Waals surface area contributed by atoms with Gasteiger partial charge in [-0.05, 0) is 73.4 Å². The molecule has 1 aromatic heterocycles. The predicted octanol–water partition coefficient (Wildman–Crippen LogP) is 3.67. The number of hydrogen-bond acceptors (Lipinski definition) is 3. The van der Waals surface area contributed by atoms with Gasteiger partial charge in [0.05, 0.1) is 5.56 Å². The number of rotatable bonds is 2. The minimum Gasteiger partial charge on any atom is -0.339 e. The van der Waals surface area contributed by atoms with Crippen LogP contribution >= 0.6 is 0 Å². The summed E-state index contributed by atoms with van der Waals surface area (Å²) < 4.78 is 0. The summed E-state index contributed by atoms with van der Waals surface area (Å²) in [5.41, 5.74) is 6.97. The van der Waals surface area contributed by atoms with Gasteiger partial charge in [-0.25, -0.2) is 4.98 Å². The number of aryl methyl sites for hydroxylation is 4. The second-order valence-corrected chi connectivity index (χ2v) is 5.92. The Bertz CT molecular complexity index is 756. The van der Waals surface area contributed by atoms with Crippen molar-refractivity contribution in [3.05, 3.63) is 52.2 Å². The van der Waals surface area contributed by atoms with Crippen molar-refractivity contribution in [2.75, 3.05) is 5.32 Å². The first-order valence-electron chi connectivity index (χ1n) is 7.65. The average molecular weight is 275 g/mol. The third kappa shape index (κ3) is 2.17. The third-order valence-electron chi connectivity index (χ3n) is 4.53. The van der Waals surface area contributed by atoms with Gasteiger partial charge in [-0.1, -0.05) is 6.07 Å². The van der Waals surface area contributed by atoms with Gasteiger partial charge in [0.2, 0.25) is 0 Å². The Balaban J connectivity index is 1.69. The number of pyridine rings is 1. The van der Waals surface area contributed by atoms with E-state index in [9.17, 15) is 5.26 Å². The number of nitriles is 1. The number of fused-ring (bicyclic) bond motifs is 2. The highest BCUT2D eigenvalue weighted by Crippen LogP contribution is 2.29. The van der Waals surface area contributed by atoms with E-state index in [2.05, 4.69) is 34.6 Å². The van der Waals surface area contributed by atoms with E-state index in [0.29, 0.717) is 11.4 Å². The molecule has 2 aliphatic carbocycles. The Kier molecular flexibility index (Phi) is 2.89. The van der Waals surface area contributed by atoms with E-state index < -0.39 is 0 Å². The Hall–Kier alpha value is -2.34. The highest BCUT2D eigenvalue weighted by atomic mass is 15.0. The van der Waals surface area contributed by atoms with Crippen LogP contribution in [-0.4, -0.2) is 4.98 Å². The van der Waals surface area contributed by atoms with Crippen molar-refractivity contribution in [1.82, 2.24) is 4.98 Å². The van der Waals surface area contributed by atoms with Gasteiger partial charge in [-0.15, -0.1) is 0 Å². The molecule has 0 atom stereocenters. The second-order valence-electron chi connectivity index (χ2n) is 5.92. The molecular weight excluding hydrogens is 258 g/mol. The van der Waals surface area contributed by atoms with E-state index in [1.165, 1.54) is 29.5 Å². The summed E-state index contributed by atoms with van der Waals surface area (Å²) in [5, 5.41) is 12.7. The molecular formula is C18H17N3. The molecule has 3 nitrogen and oxygen atoms in total. The maximum absolute atomic E-state index is 9.35. The summed E-state index contributed by atoms with van der Waals surface area (Å²) in [7, 11) is 0. The number of nitrogens with zero attached hydrogens (tertiary/aromatic N) is 2. The van der Waals surface area contributed by atoms with Crippen molar-refractivity contribution in [3.8, 4) is 6.07 Å². The van der Waals surface area contributed by atoms with E-state index in [4.69, 9.17) is 0 Å². The van der Waals surface area contributed by atoms with Crippen molar-refractivity contribution in [2.45, 2.75) is 38.5 Å². The summed E-state index contributed by atoms with van der Waals surface area (Å²) in [6, 6.07) is 10.8. The Labute approximate surface area is 124 Å². The molecule has 3 heteroatoms. The molecule has 0 radical (unpaired) electrons. The number of hydrogen-bond donors (Lipinski definition) is 1. The zero-order valence-electron chi connectivity index (χ0n) is 11.9. The summed E-state index contributed by atoms with van der Waals surface area (Å²) >= 11 is 0. The zero-order chi connectivity index (χ0) is 14.2. The van der Waals surface area contributed by atoms with Crippen LogP contribution in [0, 0.1) is 11.3 Å². The van der Waals surface area contributed by atoms with Crippen LogP contribution < -0.4 is 5.32 Å². The molecule has 0 saturated heterocycles. The molecule has 0 unspecified atom stereocenters. The summed E-state index contributed by atoms with van der Waals surface area (Å²) in [4.78, 5) is 4.68. The topological polar surface area (TPSA) is 48.7 Å². The van der Waals surface area contributed by atoms with Gasteiger partial charge in [0.15, 0.2) is 0 Å². The quantitative estimate of drug-likeness (QED) is 0.909. The number of benzene rings is 1. The fourth-order valence-electron chi connectivity index (χ4n) is 3.44. The normalized spacial score (nSPS) is 15.4. The van der Waals surface area contributed by atoms with Gasteiger partial charge < -0.3 is 5.32 Å². The first-order chi connectivity index (χ1) is 10.3. The Morgan fingerprint density at radius 3 is 2.67 bits per heavy atom. The van der Waals surface area contributed by atoms with Gasteiger partial charge >= 0.3 is 0 Å². The van der Waals surface area contributed by atoms with Gasteiger partial charge in [0.25, 0.3) is 0 Å². The SMILES string of the molecule is N#Cc1cc2c(nc1Nc1ccc3c(c1)CCC3)CCC2. The molecule has 0 amide bonds. The molecule has 0 fully saturated rings. The monoisotopic (exact) mass is 275 g/mol. The fourth-order valence-corrected chi connectivity index (χ4v) is 3.44. The van der Waals surface area contributed by atoms with Crippen LogP contribution in [0.4, 0.5) is 11.5 Å². The molecule has 0 saturated carbocycles. The van der Waals surface area contributed by atoms with Crippen LogP contribution in [0.1, 0.15) is 40.8 Å². The molecule has 0 spiro atoms. The first kappa shape index (κ1) is 12.4. The molecule has 2 aromatic rings. The molecule has 0 aliphatic heterocycles. The third-order valence-corrected chi connectivity index (χ3v) is 4.53. The highest BCUT2D eigenvalue weighted by molar-refractivity contribution is 5.65. The van der Waals surface area contributed by atoms with E-state index in [1.807, 2.05) is 6.07 Å². The van der Waals surface area contributed by atoms with E-state index in [-0.39, 0.29) is 0 Å². The zero-order valence-corrected chi connectivity index (χ0v) is 11.9. The van der Waals surface area contributed by atoms with Crippen LogP contribution in [0.2, 0.25) is 0 Å². The summed E-state index contributed by atoms with van der Waals surface area (Å²) in [6.45, 7) is 0. The Morgan fingerprint density at radius 1 is 0.952 bits per heavy atom. The van der Waals surface area contributed by atoms with Crippen molar-refractivity contribution >= 4 is 11.5 Å². The minimum absolute atomic E-state index is 0.649. The molecule has 2 aliphatic rings. The average Bonchev–Trinajstić information content (AvgIpc) is 3.13. The lowest BCUT2D eigenvalue weighted by molar-refractivity contribution is 0.900. The van der Waals surface area contributed by atoms with E-state index in [0.717, 1.165) is 37.1 Å². The molecule has 4 rings (SSSR count). The van der Waals surface area contributed by atoms with Crippen molar-refractivity contribution in [2.24, 2.45) is 0 Å². The van der Waals surface area contributed by atoms with E-state index in [1.54, 1.807) is 0 Å². The summed E-state index contributed by atoms with van der Waals surface area (Å²) in [6.07, 6.45) is 6.83. The van der Waals surface area contributed by atoms with Gasteiger partial charge in [0, 0.05) is 11.4 Å². The van der Waals surface area contributed by atoms with E-state index >= 15 is 0 Å². The van der Waals surface area contributed by atoms with Crippen molar-refractivity contribution in [1.29, 1.82) is 5.26 Å². The first-order valence-corrected chi connectivity index (χ1v) is 7.65. The minimum atomic E-state index is 0.649. The second kappa shape index (κ2) is 4.89. The molecule has 0 bridgehead atoms. The lowest BCUT2D eigenvalue weighted by Gasteiger charge is -2.11. The van der Waals surface area contributed by atoms with Crippen LogP contribution in [0.15, 0.2) is 24.3 Å². The predicted molar refractivity (Wildman–Crippen MR) is 82.7 cm³/mol. The number of nitrogens with one attached hydrogen (secondary N) is 1. The molecule has 1 heterocycles. The maximum Gasteiger partial charge on any atom is 0.148 e. The van der Waals surface area contributed by atoms with Crippen LogP contribution in [-0.2, 0) is 25.7 Å². The van der Waals surface area contributed by atoms with Gasteiger partial charge in [0.1, 0.15) is 11.9 Å². The van der Waals surface area contributed by atoms with Crippen LogP contribution in [0.5, 0.6) is 0 Å². The molecule has 104 valence electrons. The number of aromatic nitrogens is 1. The maximum atomic E-state index is 9.35. The smallest absolute Gasteiger partial charge is 0.148 e. The molecule has 1 N–H and O–H groups in total. The molecule has 1 aromatic carbocycles. The fraction of sp³-hybridized carbons (Fsp3) is 0.333. The Morgan fingerprint density at radius 2 is 1.76 bits per heavy atom. The summed E-state index contributed by atoms with van der Waals surface area (Å²) in [5.74, 6) is 0.705. The molecule has 21 heavy (non-hydrogen) atoms. The van der Waals surface area contributed by atoms with Crippen molar-refractivity contribution < 1.29 is 0 Å². The van der Waals surface area contributed by atoms with Gasteiger partial charge in [-0.3, -0.25) is 0 Å². The van der Waals surface area contributed by atoms with Crippen molar-refractivity contribution in [3.63, 3.8) is 0 Å². The largest absolute Gasteiger partial charge is 0.339 e. The lowest BCUT2D eigenvalue weighted by Crippen LogP contribution is -2.01. The van der Waals surface area contributed by atoms with Crippen LogP contribution in [0.25, 0.3) is 0 Å². The lowest BCUT2D eigenvalue weighted by atomic mass is 10.1. The highest BCUT2D eigenvalue weighted by Gasteiger charge is 2.17. The van der Waals surface area contributed by atoms with Crippen LogP contribution in [0.3, 0.4) is 0 Å². The number of anilines is 2.